The van der Waals surface area contributed by atoms with Gasteiger partial charge in [-0.2, -0.15) is 0 Å². The number of nitrogens with zero attached hydrogens (tertiary/aromatic N) is 4. The van der Waals surface area contributed by atoms with Gasteiger partial charge in [0.25, 0.3) is 0 Å². The topological polar surface area (TPSA) is 93.4 Å². The normalized spacial score (nSPS) is 10.7. The van der Waals surface area contributed by atoms with Gasteiger partial charge in [-0.05, 0) is 30.3 Å². The van der Waals surface area contributed by atoms with E-state index in [2.05, 4.69) is 25.8 Å². The van der Waals surface area contributed by atoms with Crippen molar-refractivity contribution in [3.63, 3.8) is 0 Å². The van der Waals surface area contributed by atoms with Crippen LogP contribution in [0.25, 0.3) is 17.0 Å². The van der Waals surface area contributed by atoms with E-state index < -0.39 is 0 Å². The third-order valence-electron chi connectivity index (χ3n) is 4.18. The summed E-state index contributed by atoms with van der Waals surface area (Å²) in [5, 5.41) is 14.3. The molecule has 0 saturated carbocycles. The number of hydrogen-bond donors (Lipinski definition) is 2. The number of amides is 1. The number of methoxy groups -OCH3 is 1. The van der Waals surface area contributed by atoms with Crippen molar-refractivity contribution >= 4 is 28.7 Å². The van der Waals surface area contributed by atoms with Gasteiger partial charge < -0.3 is 15.4 Å². The van der Waals surface area contributed by atoms with Crippen molar-refractivity contribution in [1.82, 2.24) is 19.6 Å². The van der Waals surface area contributed by atoms with E-state index in [4.69, 9.17) is 4.74 Å². The SMILES string of the molecule is COc1ccc(NC(C)=O)cc1Nc1nccn2c(-c3cccc(F)c3)nnc12. The van der Waals surface area contributed by atoms with Gasteiger partial charge in [-0.3, -0.25) is 9.20 Å². The number of fused-ring (bicyclic) bond motifs is 1. The molecule has 2 N–H and O–H groups in total. The minimum Gasteiger partial charge on any atom is -0.495 e. The van der Waals surface area contributed by atoms with Crippen LogP contribution in [0, 0.1) is 5.82 Å². The lowest BCUT2D eigenvalue weighted by atomic mass is 10.2. The van der Waals surface area contributed by atoms with Gasteiger partial charge in [0.15, 0.2) is 11.6 Å². The molecular formula is C20H17FN6O2. The van der Waals surface area contributed by atoms with Crippen molar-refractivity contribution in [2.45, 2.75) is 6.92 Å². The summed E-state index contributed by atoms with van der Waals surface area (Å²) >= 11 is 0. The van der Waals surface area contributed by atoms with E-state index in [-0.39, 0.29) is 11.7 Å². The fourth-order valence-corrected chi connectivity index (χ4v) is 2.95. The lowest BCUT2D eigenvalue weighted by Gasteiger charge is -2.13. The molecule has 0 unspecified atom stereocenters. The minimum atomic E-state index is -0.355. The van der Waals surface area contributed by atoms with Crippen LogP contribution in [-0.2, 0) is 4.79 Å². The Balaban J connectivity index is 1.75. The van der Waals surface area contributed by atoms with Crippen molar-refractivity contribution in [3.8, 4) is 17.1 Å². The first-order valence-electron chi connectivity index (χ1n) is 8.73. The van der Waals surface area contributed by atoms with Gasteiger partial charge in [-0.15, -0.1) is 10.2 Å². The maximum Gasteiger partial charge on any atom is 0.221 e. The molecule has 0 fully saturated rings. The van der Waals surface area contributed by atoms with Crippen LogP contribution in [0.3, 0.4) is 0 Å². The number of hydrogen-bond acceptors (Lipinski definition) is 6. The second-order valence-corrected chi connectivity index (χ2v) is 6.22. The molecule has 4 rings (SSSR count). The maximum absolute atomic E-state index is 13.6. The number of anilines is 3. The van der Waals surface area contributed by atoms with Crippen LogP contribution < -0.4 is 15.4 Å². The third kappa shape index (κ3) is 3.70. The Kier molecular flexibility index (Phi) is 4.78. The first-order valence-corrected chi connectivity index (χ1v) is 8.73. The number of halogens is 1. The molecule has 0 spiro atoms. The average Bonchev–Trinajstić information content (AvgIpc) is 3.13. The molecule has 4 aromatic rings. The molecule has 9 heteroatoms. The summed E-state index contributed by atoms with van der Waals surface area (Å²) in [6.07, 6.45) is 3.29. The average molecular weight is 392 g/mol. The smallest absolute Gasteiger partial charge is 0.221 e. The molecule has 8 nitrogen and oxygen atoms in total. The molecule has 0 aliphatic carbocycles. The molecule has 0 aliphatic heterocycles. The fraction of sp³-hybridized carbons (Fsp3) is 0.100. The van der Waals surface area contributed by atoms with Crippen molar-refractivity contribution in [1.29, 1.82) is 0 Å². The highest BCUT2D eigenvalue weighted by Crippen LogP contribution is 2.31. The van der Waals surface area contributed by atoms with Crippen LogP contribution in [0.4, 0.5) is 21.6 Å². The number of aromatic nitrogens is 4. The van der Waals surface area contributed by atoms with Gasteiger partial charge in [0.2, 0.25) is 11.6 Å². The molecule has 0 radical (unpaired) electrons. The summed E-state index contributed by atoms with van der Waals surface area (Å²) < 4.78 is 20.7. The lowest BCUT2D eigenvalue weighted by Crippen LogP contribution is -2.06. The van der Waals surface area contributed by atoms with Gasteiger partial charge in [0.1, 0.15) is 11.6 Å². The number of ether oxygens (including phenoxy) is 1. The second kappa shape index (κ2) is 7.55. The van der Waals surface area contributed by atoms with Crippen molar-refractivity contribution in [2.24, 2.45) is 0 Å². The Morgan fingerprint density at radius 2 is 2.03 bits per heavy atom. The number of carbonyl (C=O) groups excluding carboxylic acids is 1. The standard InChI is InChI=1S/C20H17FN6O2/c1-12(28)23-15-6-7-17(29-2)16(11-15)24-18-20-26-25-19(27(20)9-8-22-18)13-4-3-5-14(21)10-13/h3-11H,1-2H3,(H,22,24)(H,23,28). The summed E-state index contributed by atoms with van der Waals surface area (Å²) in [6, 6.07) is 11.3. The molecule has 0 bridgehead atoms. The molecule has 2 aromatic heterocycles. The zero-order valence-corrected chi connectivity index (χ0v) is 15.7. The molecule has 0 saturated heterocycles. The Labute approximate surface area is 165 Å². The molecular weight excluding hydrogens is 375 g/mol. The molecule has 29 heavy (non-hydrogen) atoms. The van der Waals surface area contributed by atoms with Crippen molar-refractivity contribution < 1.29 is 13.9 Å². The van der Waals surface area contributed by atoms with Crippen LogP contribution in [-0.4, -0.2) is 32.6 Å². The van der Waals surface area contributed by atoms with Crippen LogP contribution in [0.2, 0.25) is 0 Å². The largest absolute Gasteiger partial charge is 0.495 e. The maximum atomic E-state index is 13.6. The zero-order chi connectivity index (χ0) is 20.4. The van der Waals surface area contributed by atoms with E-state index in [1.54, 1.807) is 54.2 Å². The molecule has 1 amide bonds. The van der Waals surface area contributed by atoms with E-state index in [0.717, 1.165) is 0 Å². The van der Waals surface area contributed by atoms with Crippen LogP contribution in [0.15, 0.2) is 54.9 Å². The Morgan fingerprint density at radius 1 is 1.17 bits per heavy atom. The van der Waals surface area contributed by atoms with Gasteiger partial charge in [0, 0.05) is 30.6 Å². The second-order valence-electron chi connectivity index (χ2n) is 6.22. The number of carbonyl (C=O) groups is 1. The first kappa shape index (κ1) is 18.4. The monoisotopic (exact) mass is 392 g/mol. The highest BCUT2D eigenvalue weighted by atomic mass is 19.1. The predicted octanol–water partition coefficient (Wildman–Crippen LogP) is 3.64. The zero-order valence-electron chi connectivity index (χ0n) is 15.7. The van der Waals surface area contributed by atoms with Crippen LogP contribution in [0.1, 0.15) is 6.92 Å². The number of benzene rings is 2. The fourth-order valence-electron chi connectivity index (χ4n) is 2.95. The minimum absolute atomic E-state index is 0.182. The number of nitrogens with one attached hydrogen (secondary N) is 2. The van der Waals surface area contributed by atoms with Gasteiger partial charge >= 0.3 is 0 Å². The van der Waals surface area contributed by atoms with E-state index in [0.29, 0.717) is 40.0 Å². The molecule has 2 aromatic carbocycles. The Hall–Kier alpha value is -4.01. The van der Waals surface area contributed by atoms with Gasteiger partial charge in [-0.25, -0.2) is 9.37 Å². The summed E-state index contributed by atoms with van der Waals surface area (Å²) in [7, 11) is 1.55. The lowest BCUT2D eigenvalue weighted by molar-refractivity contribution is -0.114. The quantitative estimate of drug-likeness (QED) is 0.539. The van der Waals surface area contributed by atoms with E-state index in [1.807, 2.05) is 0 Å². The Morgan fingerprint density at radius 3 is 2.79 bits per heavy atom. The molecule has 2 heterocycles. The Bertz CT molecular complexity index is 1210. The van der Waals surface area contributed by atoms with E-state index >= 15 is 0 Å². The summed E-state index contributed by atoms with van der Waals surface area (Å²) in [6.45, 7) is 1.43. The summed E-state index contributed by atoms with van der Waals surface area (Å²) in [5.74, 6) is 0.947. The highest BCUT2D eigenvalue weighted by Gasteiger charge is 2.14. The number of rotatable bonds is 5. The van der Waals surface area contributed by atoms with E-state index in [9.17, 15) is 9.18 Å². The van der Waals surface area contributed by atoms with Crippen molar-refractivity contribution in [3.05, 3.63) is 60.7 Å². The van der Waals surface area contributed by atoms with Crippen LogP contribution in [0.5, 0.6) is 5.75 Å². The summed E-state index contributed by atoms with van der Waals surface area (Å²) in [5.41, 5.74) is 2.25. The molecule has 0 atom stereocenters. The predicted molar refractivity (Wildman–Crippen MR) is 107 cm³/mol. The van der Waals surface area contributed by atoms with E-state index in [1.165, 1.54) is 19.1 Å². The summed E-state index contributed by atoms with van der Waals surface area (Å²) in [4.78, 5) is 15.7. The molecule has 0 aliphatic rings. The van der Waals surface area contributed by atoms with Crippen molar-refractivity contribution in [2.75, 3.05) is 17.7 Å². The first-order chi connectivity index (χ1) is 14.0. The highest BCUT2D eigenvalue weighted by molar-refractivity contribution is 5.90. The van der Waals surface area contributed by atoms with Crippen LogP contribution >= 0.6 is 0 Å². The molecule has 146 valence electrons. The third-order valence-corrected chi connectivity index (χ3v) is 4.18. The van der Waals surface area contributed by atoms with Gasteiger partial charge in [-0.1, -0.05) is 12.1 Å². The van der Waals surface area contributed by atoms with Gasteiger partial charge in [0.05, 0.1) is 12.8 Å².